The van der Waals surface area contributed by atoms with E-state index >= 15 is 0 Å². The van der Waals surface area contributed by atoms with Gasteiger partial charge in [-0.3, -0.25) is 4.79 Å². The first kappa shape index (κ1) is 13.7. The van der Waals surface area contributed by atoms with Crippen LogP contribution in [0.15, 0.2) is 18.2 Å². The number of carbonyl (C=O) groups excluding carboxylic acids is 1. The number of benzene rings is 1. The summed E-state index contributed by atoms with van der Waals surface area (Å²) in [6.07, 6.45) is 6.40. The van der Waals surface area contributed by atoms with Gasteiger partial charge in [0.15, 0.2) is 0 Å². The third kappa shape index (κ3) is 3.40. The predicted molar refractivity (Wildman–Crippen MR) is 79.1 cm³/mol. The number of primary amides is 1. The second kappa shape index (κ2) is 5.51. The van der Waals surface area contributed by atoms with Crippen LogP contribution in [0.3, 0.4) is 0 Å². The molecule has 4 heteroatoms. The fourth-order valence-electron chi connectivity index (χ4n) is 2.81. The van der Waals surface area contributed by atoms with Gasteiger partial charge in [0.25, 0.3) is 5.91 Å². The van der Waals surface area contributed by atoms with Gasteiger partial charge in [-0.15, -0.1) is 0 Å². The summed E-state index contributed by atoms with van der Waals surface area (Å²) in [5.41, 5.74) is 13.2. The van der Waals surface area contributed by atoms with Crippen molar-refractivity contribution in [2.45, 2.75) is 39.0 Å². The second-order valence-corrected chi connectivity index (χ2v) is 5.89. The lowest BCUT2D eigenvalue weighted by atomic mass is 9.75. The summed E-state index contributed by atoms with van der Waals surface area (Å²) < 4.78 is 0. The molecule has 1 aromatic rings. The molecule has 0 unspecified atom stereocenters. The number of nitrogens with two attached hydrogens (primary N) is 2. The van der Waals surface area contributed by atoms with Crippen LogP contribution in [0.4, 0.5) is 11.4 Å². The monoisotopic (exact) mass is 261 g/mol. The van der Waals surface area contributed by atoms with Crippen LogP contribution in [0.2, 0.25) is 0 Å². The summed E-state index contributed by atoms with van der Waals surface area (Å²) in [5.74, 6) is -0.441. The number of nitrogen functional groups attached to an aromatic ring is 1. The number of nitrogens with one attached hydrogen (secondary N) is 1. The van der Waals surface area contributed by atoms with Crippen LogP contribution in [0.1, 0.15) is 49.4 Å². The largest absolute Gasteiger partial charge is 0.399 e. The fourth-order valence-corrected chi connectivity index (χ4v) is 2.81. The summed E-state index contributed by atoms with van der Waals surface area (Å²) in [6, 6.07) is 5.26. The van der Waals surface area contributed by atoms with E-state index < -0.39 is 5.91 Å². The molecule has 1 amide bonds. The molecule has 0 heterocycles. The lowest BCUT2D eigenvalue weighted by molar-refractivity contribution is 0.100. The van der Waals surface area contributed by atoms with Gasteiger partial charge < -0.3 is 16.8 Å². The summed E-state index contributed by atoms with van der Waals surface area (Å²) in [4.78, 5) is 11.4. The van der Waals surface area contributed by atoms with Gasteiger partial charge in [0.2, 0.25) is 0 Å². The van der Waals surface area contributed by atoms with Gasteiger partial charge in [-0.2, -0.15) is 0 Å². The molecule has 4 nitrogen and oxygen atoms in total. The Balaban J connectivity index is 2.08. The van der Waals surface area contributed by atoms with Crippen LogP contribution in [0, 0.1) is 5.41 Å². The van der Waals surface area contributed by atoms with Crippen molar-refractivity contribution in [2.75, 3.05) is 17.6 Å². The van der Waals surface area contributed by atoms with Crippen LogP contribution < -0.4 is 16.8 Å². The maximum absolute atomic E-state index is 11.4. The Hall–Kier alpha value is -1.71. The molecular formula is C15H23N3O. The molecule has 1 saturated carbocycles. The van der Waals surface area contributed by atoms with E-state index in [4.69, 9.17) is 11.5 Å². The number of amides is 1. The minimum Gasteiger partial charge on any atom is -0.399 e. The van der Waals surface area contributed by atoms with Crippen molar-refractivity contribution in [1.82, 2.24) is 0 Å². The predicted octanol–water partition coefficient (Wildman–Crippen LogP) is 2.75. The number of anilines is 2. The molecule has 5 N–H and O–H groups in total. The quantitative estimate of drug-likeness (QED) is 0.729. The van der Waals surface area contributed by atoms with E-state index in [0.717, 1.165) is 12.2 Å². The molecule has 0 aromatic heterocycles. The van der Waals surface area contributed by atoms with Crippen molar-refractivity contribution in [2.24, 2.45) is 11.1 Å². The molecule has 1 aliphatic carbocycles. The Morgan fingerprint density at radius 2 is 2.00 bits per heavy atom. The van der Waals surface area contributed by atoms with Gasteiger partial charge in [0.05, 0.1) is 5.56 Å². The van der Waals surface area contributed by atoms with Crippen molar-refractivity contribution >= 4 is 17.3 Å². The maximum Gasteiger partial charge on any atom is 0.250 e. The third-order valence-corrected chi connectivity index (χ3v) is 4.08. The summed E-state index contributed by atoms with van der Waals surface area (Å²) >= 11 is 0. The lowest BCUT2D eigenvalue weighted by Gasteiger charge is -2.34. The highest BCUT2D eigenvalue weighted by atomic mass is 16.1. The van der Waals surface area contributed by atoms with E-state index in [1.165, 1.54) is 32.1 Å². The molecule has 1 fully saturated rings. The van der Waals surface area contributed by atoms with Gasteiger partial charge in [0, 0.05) is 17.9 Å². The molecule has 0 aliphatic heterocycles. The summed E-state index contributed by atoms with van der Waals surface area (Å²) in [7, 11) is 0. The normalized spacial score (nSPS) is 17.9. The van der Waals surface area contributed by atoms with Crippen molar-refractivity contribution < 1.29 is 4.79 Å². The fraction of sp³-hybridized carbons (Fsp3) is 0.533. The first-order valence-corrected chi connectivity index (χ1v) is 6.93. The molecule has 0 spiro atoms. The van der Waals surface area contributed by atoms with Gasteiger partial charge in [0.1, 0.15) is 0 Å². The Morgan fingerprint density at radius 1 is 1.32 bits per heavy atom. The Bertz CT molecular complexity index is 464. The molecule has 0 radical (unpaired) electrons. The van der Waals surface area contributed by atoms with E-state index in [0.29, 0.717) is 16.7 Å². The Labute approximate surface area is 114 Å². The zero-order chi connectivity index (χ0) is 13.9. The number of carbonyl (C=O) groups is 1. The minimum atomic E-state index is -0.441. The number of hydrogen-bond acceptors (Lipinski definition) is 3. The average molecular weight is 261 g/mol. The zero-order valence-electron chi connectivity index (χ0n) is 11.5. The van der Waals surface area contributed by atoms with Crippen LogP contribution in [-0.4, -0.2) is 12.5 Å². The Morgan fingerprint density at radius 3 is 2.63 bits per heavy atom. The van der Waals surface area contributed by atoms with E-state index in [-0.39, 0.29) is 0 Å². The summed E-state index contributed by atoms with van der Waals surface area (Å²) in [5, 5.41) is 3.38. The van der Waals surface area contributed by atoms with Gasteiger partial charge in [-0.1, -0.05) is 26.2 Å². The van der Waals surface area contributed by atoms with E-state index in [9.17, 15) is 4.79 Å². The van der Waals surface area contributed by atoms with Crippen molar-refractivity contribution in [3.05, 3.63) is 23.8 Å². The van der Waals surface area contributed by atoms with Crippen LogP contribution in [-0.2, 0) is 0 Å². The van der Waals surface area contributed by atoms with E-state index in [2.05, 4.69) is 12.2 Å². The SMILES string of the molecule is CC1(CNc2ccc(N)cc2C(N)=O)CCCCC1. The minimum absolute atomic E-state index is 0.314. The Kier molecular flexibility index (Phi) is 3.98. The lowest BCUT2D eigenvalue weighted by Crippen LogP contribution is -2.29. The number of rotatable bonds is 4. The zero-order valence-corrected chi connectivity index (χ0v) is 11.5. The van der Waals surface area contributed by atoms with Crippen LogP contribution in [0.25, 0.3) is 0 Å². The third-order valence-electron chi connectivity index (χ3n) is 4.08. The molecule has 1 aliphatic rings. The second-order valence-electron chi connectivity index (χ2n) is 5.89. The van der Waals surface area contributed by atoms with Crippen molar-refractivity contribution in [3.8, 4) is 0 Å². The molecule has 1 aromatic carbocycles. The van der Waals surface area contributed by atoms with Crippen molar-refractivity contribution in [1.29, 1.82) is 0 Å². The van der Waals surface area contributed by atoms with Crippen LogP contribution in [0.5, 0.6) is 0 Å². The number of hydrogen-bond donors (Lipinski definition) is 3. The van der Waals surface area contributed by atoms with Gasteiger partial charge >= 0.3 is 0 Å². The topological polar surface area (TPSA) is 81.1 Å². The maximum atomic E-state index is 11.4. The highest BCUT2D eigenvalue weighted by Crippen LogP contribution is 2.36. The van der Waals surface area contributed by atoms with Crippen molar-refractivity contribution in [3.63, 3.8) is 0 Å². The van der Waals surface area contributed by atoms with Gasteiger partial charge in [-0.05, 0) is 36.5 Å². The van der Waals surface area contributed by atoms with E-state index in [1.807, 2.05) is 6.07 Å². The molecule has 0 atom stereocenters. The molecule has 2 rings (SSSR count). The van der Waals surface area contributed by atoms with Crippen LogP contribution >= 0.6 is 0 Å². The highest BCUT2D eigenvalue weighted by Gasteiger charge is 2.26. The first-order chi connectivity index (χ1) is 9.00. The molecule has 19 heavy (non-hydrogen) atoms. The smallest absolute Gasteiger partial charge is 0.250 e. The molecule has 0 bridgehead atoms. The first-order valence-electron chi connectivity index (χ1n) is 6.93. The van der Waals surface area contributed by atoms with E-state index in [1.54, 1.807) is 12.1 Å². The standard InChI is InChI=1S/C15H23N3O/c1-15(7-3-2-4-8-15)10-18-13-6-5-11(16)9-12(13)14(17)19/h5-6,9,18H,2-4,7-8,10,16H2,1H3,(H2,17,19). The summed E-state index contributed by atoms with van der Waals surface area (Å²) in [6.45, 7) is 3.18. The van der Waals surface area contributed by atoms with Gasteiger partial charge in [-0.25, -0.2) is 0 Å². The average Bonchev–Trinajstić information content (AvgIpc) is 2.38. The highest BCUT2D eigenvalue weighted by molar-refractivity contribution is 5.99. The molecule has 0 saturated heterocycles. The molecular weight excluding hydrogens is 238 g/mol. The molecule has 104 valence electrons.